The summed E-state index contributed by atoms with van der Waals surface area (Å²) in [5.41, 5.74) is 1.26. The summed E-state index contributed by atoms with van der Waals surface area (Å²) in [7, 11) is 2.17. The van der Waals surface area contributed by atoms with Gasteiger partial charge in [-0.2, -0.15) is 0 Å². The van der Waals surface area contributed by atoms with Gasteiger partial charge in [-0.05, 0) is 36.7 Å². The van der Waals surface area contributed by atoms with Gasteiger partial charge in [-0.25, -0.2) is 4.98 Å². The van der Waals surface area contributed by atoms with Crippen LogP contribution in [0.3, 0.4) is 0 Å². The smallest absolute Gasteiger partial charge is 0.219 e. The van der Waals surface area contributed by atoms with Gasteiger partial charge < -0.3 is 14.5 Å². The van der Waals surface area contributed by atoms with E-state index in [-0.39, 0.29) is 0 Å². The lowest BCUT2D eigenvalue weighted by molar-refractivity contribution is 0.313. The summed E-state index contributed by atoms with van der Waals surface area (Å²) in [5, 5.41) is 3.02. The van der Waals surface area contributed by atoms with E-state index in [2.05, 4.69) is 52.2 Å². The zero-order valence-corrected chi connectivity index (χ0v) is 14.9. The Kier molecular flexibility index (Phi) is 4.47. The number of pyridine rings is 1. The number of halogens is 1. The van der Waals surface area contributed by atoms with Crippen molar-refractivity contribution in [3.63, 3.8) is 0 Å². The van der Waals surface area contributed by atoms with Crippen molar-refractivity contribution < 1.29 is 4.74 Å². The molecule has 0 aliphatic carbocycles. The molecule has 1 aromatic heterocycles. The van der Waals surface area contributed by atoms with Gasteiger partial charge in [-0.3, -0.25) is 0 Å². The Hall–Kier alpha value is -2.30. The van der Waals surface area contributed by atoms with Crippen LogP contribution < -0.4 is 9.64 Å². The van der Waals surface area contributed by atoms with Crippen LogP contribution in [-0.2, 0) is 0 Å². The van der Waals surface area contributed by atoms with Crippen LogP contribution in [0.5, 0.6) is 11.6 Å². The summed E-state index contributed by atoms with van der Waals surface area (Å²) in [6, 6.07) is 16.2. The predicted molar refractivity (Wildman–Crippen MR) is 103 cm³/mol. The molecule has 0 atom stereocenters. The molecule has 0 bridgehead atoms. The van der Waals surface area contributed by atoms with Crippen LogP contribution in [0.2, 0.25) is 5.02 Å². The normalized spacial score (nSPS) is 15.5. The average Bonchev–Trinajstić information content (AvgIpc) is 2.64. The van der Waals surface area contributed by atoms with Crippen molar-refractivity contribution in [1.29, 1.82) is 0 Å². The highest BCUT2D eigenvalue weighted by Crippen LogP contribution is 2.32. The third kappa shape index (κ3) is 3.55. The predicted octanol–water partition coefficient (Wildman–Crippen LogP) is 4.43. The van der Waals surface area contributed by atoms with Crippen LogP contribution in [0.1, 0.15) is 0 Å². The topological polar surface area (TPSA) is 28.6 Å². The second-order valence-electron chi connectivity index (χ2n) is 6.37. The first kappa shape index (κ1) is 16.2. The van der Waals surface area contributed by atoms with Crippen LogP contribution in [0.4, 0.5) is 5.69 Å². The Bertz CT molecular complexity index is 874. The quantitative estimate of drug-likeness (QED) is 0.696. The van der Waals surface area contributed by atoms with Gasteiger partial charge in [0.15, 0.2) is 0 Å². The second-order valence-corrected chi connectivity index (χ2v) is 6.80. The number of hydrogen-bond acceptors (Lipinski definition) is 4. The standard InChI is InChI=1S/C20H20ClN3O/c1-23-9-11-24(12-10-23)19-4-2-3-15-5-7-17(13-18(15)19)25-20-8-6-16(21)14-22-20/h2-8,13-14H,9-12H2,1H3. The molecule has 2 heterocycles. The fraction of sp³-hybridized carbons (Fsp3) is 0.250. The largest absolute Gasteiger partial charge is 0.439 e. The van der Waals surface area contributed by atoms with Crippen molar-refractivity contribution >= 4 is 28.1 Å². The molecular weight excluding hydrogens is 334 g/mol. The van der Waals surface area contributed by atoms with E-state index in [0.29, 0.717) is 10.9 Å². The fourth-order valence-electron chi connectivity index (χ4n) is 3.17. The number of fused-ring (bicyclic) bond motifs is 1. The highest BCUT2D eigenvalue weighted by molar-refractivity contribution is 6.30. The maximum atomic E-state index is 5.90. The maximum Gasteiger partial charge on any atom is 0.219 e. The zero-order chi connectivity index (χ0) is 17.2. The average molecular weight is 354 g/mol. The van der Waals surface area contributed by atoms with Gasteiger partial charge >= 0.3 is 0 Å². The maximum absolute atomic E-state index is 5.90. The van der Waals surface area contributed by atoms with E-state index < -0.39 is 0 Å². The van der Waals surface area contributed by atoms with E-state index >= 15 is 0 Å². The van der Waals surface area contributed by atoms with Crippen LogP contribution in [0, 0.1) is 0 Å². The van der Waals surface area contributed by atoms with Crippen molar-refractivity contribution in [2.24, 2.45) is 0 Å². The van der Waals surface area contributed by atoms with Crippen molar-refractivity contribution in [2.75, 3.05) is 38.1 Å². The number of likely N-dealkylation sites (N-methyl/N-ethyl adjacent to an activating group) is 1. The summed E-state index contributed by atoms with van der Waals surface area (Å²) in [6.07, 6.45) is 1.59. The Morgan fingerprint density at radius 2 is 1.84 bits per heavy atom. The highest BCUT2D eigenvalue weighted by atomic mass is 35.5. The molecule has 0 radical (unpaired) electrons. The number of aromatic nitrogens is 1. The Morgan fingerprint density at radius 1 is 1.00 bits per heavy atom. The molecule has 128 valence electrons. The van der Waals surface area contributed by atoms with Gasteiger partial charge in [0.05, 0.1) is 5.02 Å². The van der Waals surface area contributed by atoms with Crippen LogP contribution in [-0.4, -0.2) is 43.1 Å². The molecule has 1 fully saturated rings. The van der Waals surface area contributed by atoms with E-state index in [1.807, 2.05) is 6.07 Å². The number of rotatable bonds is 3. The van der Waals surface area contributed by atoms with Gasteiger partial charge in [0.1, 0.15) is 5.75 Å². The molecule has 0 spiro atoms. The first-order valence-corrected chi connectivity index (χ1v) is 8.82. The van der Waals surface area contributed by atoms with Gasteiger partial charge in [0.2, 0.25) is 5.88 Å². The minimum atomic E-state index is 0.542. The lowest BCUT2D eigenvalue weighted by atomic mass is 10.1. The molecule has 25 heavy (non-hydrogen) atoms. The molecular formula is C20H20ClN3O. The van der Waals surface area contributed by atoms with Crippen molar-refractivity contribution in [3.8, 4) is 11.6 Å². The first-order chi connectivity index (χ1) is 12.2. The molecule has 0 saturated carbocycles. The first-order valence-electron chi connectivity index (χ1n) is 8.45. The second kappa shape index (κ2) is 6.90. The molecule has 1 saturated heterocycles. The number of anilines is 1. The summed E-state index contributed by atoms with van der Waals surface area (Å²) < 4.78 is 5.90. The van der Waals surface area contributed by atoms with E-state index in [4.69, 9.17) is 16.3 Å². The van der Waals surface area contributed by atoms with Crippen molar-refractivity contribution in [2.45, 2.75) is 0 Å². The number of nitrogens with zero attached hydrogens (tertiary/aromatic N) is 3. The van der Waals surface area contributed by atoms with Crippen LogP contribution in [0.15, 0.2) is 54.7 Å². The van der Waals surface area contributed by atoms with E-state index in [0.717, 1.165) is 31.9 Å². The van der Waals surface area contributed by atoms with Crippen molar-refractivity contribution in [3.05, 3.63) is 59.8 Å². The van der Waals surface area contributed by atoms with Gasteiger partial charge in [0.25, 0.3) is 0 Å². The fourth-order valence-corrected chi connectivity index (χ4v) is 3.28. The third-order valence-electron chi connectivity index (χ3n) is 4.60. The number of hydrogen-bond donors (Lipinski definition) is 0. The number of ether oxygens (including phenoxy) is 1. The SMILES string of the molecule is CN1CCN(c2cccc3ccc(Oc4ccc(Cl)cn4)cc23)CC1. The Morgan fingerprint density at radius 3 is 2.60 bits per heavy atom. The van der Waals surface area contributed by atoms with E-state index in [1.54, 1.807) is 18.3 Å². The minimum Gasteiger partial charge on any atom is -0.439 e. The molecule has 4 rings (SSSR count). The van der Waals surface area contributed by atoms with Gasteiger partial charge in [-0.1, -0.05) is 29.8 Å². The molecule has 0 amide bonds. The number of piperazine rings is 1. The monoisotopic (exact) mass is 353 g/mol. The molecule has 1 aliphatic heterocycles. The lowest BCUT2D eigenvalue weighted by Gasteiger charge is -2.34. The summed E-state index contributed by atoms with van der Waals surface area (Å²) >= 11 is 5.88. The molecule has 1 aliphatic rings. The number of benzene rings is 2. The Balaban J connectivity index is 1.66. The zero-order valence-electron chi connectivity index (χ0n) is 14.2. The van der Waals surface area contributed by atoms with Crippen LogP contribution in [0.25, 0.3) is 10.8 Å². The van der Waals surface area contributed by atoms with E-state index in [1.165, 1.54) is 16.5 Å². The summed E-state index contributed by atoms with van der Waals surface area (Å²) in [4.78, 5) is 9.02. The van der Waals surface area contributed by atoms with Crippen LogP contribution >= 0.6 is 11.6 Å². The van der Waals surface area contributed by atoms with E-state index in [9.17, 15) is 0 Å². The Labute approximate surface area is 152 Å². The summed E-state index contributed by atoms with van der Waals surface area (Å²) in [6.45, 7) is 4.25. The molecule has 2 aromatic carbocycles. The molecule has 3 aromatic rings. The van der Waals surface area contributed by atoms with Gasteiger partial charge in [0, 0.05) is 49.5 Å². The van der Waals surface area contributed by atoms with Crippen molar-refractivity contribution in [1.82, 2.24) is 9.88 Å². The highest BCUT2D eigenvalue weighted by Gasteiger charge is 2.16. The van der Waals surface area contributed by atoms with Gasteiger partial charge in [-0.15, -0.1) is 0 Å². The molecule has 0 unspecified atom stereocenters. The lowest BCUT2D eigenvalue weighted by Crippen LogP contribution is -2.44. The molecule has 4 nitrogen and oxygen atoms in total. The molecule has 5 heteroatoms. The minimum absolute atomic E-state index is 0.542. The summed E-state index contributed by atoms with van der Waals surface area (Å²) in [5.74, 6) is 1.32. The molecule has 0 N–H and O–H groups in total. The third-order valence-corrected chi connectivity index (χ3v) is 4.82.